The number of hydrazone groups is 1. The van der Waals surface area contributed by atoms with Gasteiger partial charge in [-0.15, -0.1) is 0 Å². The van der Waals surface area contributed by atoms with Crippen LogP contribution >= 0.6 is 15.9 Å². The fourth-order valence-electron chi connectivity index (χ4n) is 2.95. The second kappa shape index (κ2) is 12.5. The number of esters is 1. The topological polar surface area (TPSA) is 129 Å². The van der Waals surface area contributed by atoms with Crippen LogP contribution in [0.1, 0.15) is 28.4 Å². The number of nitrogens with one attached hydrogen (secondary N) is 1. The van der Waals surface area contributed by atoms with Gasteiger partial charge in [-0.05, 0) is 73.5 Å². The van der Waals surface area contributed by atoms with Crippen LogP contribution < -0.4 is 19.6 Å². The van der Waals surface area contributed by atoms with E-state index in [1.165, 1.54) is 18.3 Å². The summed E-state index contributed by atoms with van der Waals surface area (Å²) in [5.74, 6) is -0.594. The predicted molar refractivity (Wildman–Crippen MR) is 136 cm³/mol. The number of amides is 1. The highest BCUT2D eigenvalue weighted by Crippen LogP contribution is 2.29. The molecule has 3 aromatic rings. The molecule has 10 nitrogen and oxygen atoms in total. The minimum absolute atomic E-state index is 0.0145. The molecular weight excluding hydrogens is 534 g/mol. The molecule has 0 heterocycles. The van der Waals surface area contributed by atoms with Crippen LogP contribution in [0.25, 0.3) is 0 Å². The van der Waals surface area contributed by atoms with Crippen molar-refractivity contribution in [2.24, 2.45) is 5.10 Å². The van der Waals surface area contributed by atoms with Gasteiger partial charge in [0.15, 0.2) is 23.9 Å². The van der Waals surface area contributed by atoms with E-state index in [0.29, 0.717) is 29.0 Å². The number of rotatable bonds is 10. The first-order valence-corrected chi connectivity index (χ1v) is 11.5. The molecule has 0 aliphatic rings. The first-order valence-electron chi connectivity index (χ1n) is 10.7. The molecule has 36 heavy (non-hydrogen) atoms. The van der Waals surface area contributed by atoms with Crippen molar-refractivity contribution >= 4 is 39.7 Å². The lowest BCUT2D eigenvalue weighted by molar-refractivity contribution is -0.385. The van der Waals surface area contributed by atoms with Crippen molar-refractivity contribution in [3.63, 3.8) is 0 Å². The van der Waals surface area contributed by atoms with Gasteiger partial charge in [0.25, 0.3) is 5.91 Å². The molecule has 0 saturated heterocycles. The van der Waals surface area contributed by atoms with E-state index >= 15 is 0 Å². The van der Waals surface area contributed by atoms with Gasteiger partial charge >= 0.3 is 11.7 Å². The molecule has 0 fully saturated rings. The third-order valence-electron chi connectivity index (χ3n) is 4.62. The fraction of sp³-hybridized carbons (Fsp3) is 0.160. The van der Waals surface area contributed by atoms with Crippen LogP contribution in [0.3, 0.4) is 0 Å². The van der Waals surface area contributed by atoms with Crippen molar-refractivity contribution < 1.29 is 28.7 Å². The maximum absolute atomic E-state index is 12.4. The van der Waals surface area contributed by atoms with Gasteiger partial charge in [-0.25, -0.2) is 10.2 Å². The number of hydrogen-bond donors (Lipinski definition) is 1. The zero-order valence-corrected chi connectivity index (χ0v) is 21.0. The van der Waals surface area contributed by atoms with Crippen LogP contribution in [0.2, 0.25) is 0 Å². The molecule has 0 aliphatic heterocycles. The number of ether oxygens (including phenoxy) is 3. The maximum Gasteiger partial charge on any atom is 0.343 e. The number of halogens is 1. The lowest BCUT2D eigenvalue weighted by Gasteiger charge is -2.11. The Morgan fingerprint density at radius 3 is 2.44 bits per heavy atom. The largest absolute Gasteiger partial charge is 0.490 e. The van der Waals surface area contributed by atoms with Crippen LogP contribution in [0.5, 0.6) is 17.2 Å². The van der Waals surface area contributed by atoms with Crippen molar-refractivity contribution in [1.29, 1.82) is 0 Å². The summed E-state index contributed by atoms with van der Waals surface area (Å²) in [6.07, 6.45) is 1.37. The first-order chi connectivity index (χ1) is 17.3. The van der Waals surface area contributed by atoms with Gasteiger partial charge in [0.05, 0.1) is 23.3 Å². The molecule has 0 atom stereocenters. The first kappa shape index (κ1) is 26.4. The lowest BCUT2D eigenvalue weighted by atomic mass is 10.2. The van der Waals surface area contributed by atoms with E-state index in [4.69, 9.17) is 14.2 Å². The van der Waals surface area contributed by atoms with Crippen molar-refractivity contribution in [2.75, 3.05) is 13.2 Å². The molecule has 3 aromatic carbocycles. The van der Waals surface area contributed by atoms with Crippen LogP contribution in [0.4, 0.5) is 5.69 Å². The van der Waals surface area contributed by atoms with Crippen molar-refractivity contribution in [3.05, 3.63) is 91.9 Å². The highest BCUT2D eigenvalue weighted by Gasteiger charge is 2.16. The Labute approximate surface area is 215 Å². The van der Waals surface area contributed by atoms with E-state index in [0.717, 1.165) is 4.47 Å². The monoisotopic (exact) mass is 555 g/mol. The van der Waals surface area contributed by atoms with Gasteiger partial charge in [-0.1, -0.05) is 22.0 Å². The standard InChI is InChI=1S/C25H22BrN3O7/c1-3-34-23-13-17(5-11-22(23)36-25(31)18-6-8-19(26)9-7-18)14-27-28-24(30)15-35-21-10-4-16(2)12-20(21)29(32)33/h4-14H,3,15H2,1-2H3,(H,28,30)/b27-14+. The van der Waals surface area contributed by atoms with Crippen LogP contribution in [-0.2, 0) is 4.79 Å². The Kier molecular flexibility index (Phi) is 9.12. The summed E-state index contributed by atoms with van der Waals surface area (Å²) in [4.78, 5) is 35.1. The quantitative estimate of drug-likeness (QED) is 0.125. The molecule has 11 heteroatoms. The number of benzene rings is 3. The van der Waals surface area contributed by atoms with Crippen LogP contribution in [-0.4, -0.2) is 36.2 Å². The van der Waals surface area contributed by atoms with Crippen LogP contribution in [0, 0.1) is 17.0 Å². The Balaban J connectivity index is 1.61. The molecule has 1 N–H and O–H groups in total. The average Bonchev–Trinajstić information content (AvgIpc) is 2.85. The lowest BCUT2D eigenvalue weighted by Crippen LogP contribution is -2.24. The molecule has 0 unspecified atom stereocenters. The Morgan fingerprint density at radius 2 is 1.75 bits per heavy atom. The SMILES string of the molecule is CCOc1cc(/C=N/NC(=O)COc2ccc(C)cc2[N+](=O)[O-])ccc1OC(=O)c1ccc(Br)cc1. The van der Waals surface area contributed by atoms with Gasteiger partial charge < -0.3 is 14.2 Å². The van der Waals surface area contributed by atoms with E-state index in [9.17, 15) is 19.7 Å². The summed E-state index contributed by atoms with van der Waals surface area (Å²) in [6.45, 7) is 3.38. The van der Waals surface area contributed by atoms with Gasteiger partial charge in [-0.2, -0.15) is 5.10 Å². The highest BCUT2D eigenvalue weighted by atomic mass is 79.9. The van der Waals surface area contributed by atoms with Gasteiger partial charge in [0.2, 0.25) is 0 Å². The molecule has 0 spiro atoms. The highest BCUT2D eigenvalue weighted by molar-refractivity contribution is 9.10. The molecular formula is C25H22BrN3O7. The minimum Gasteiger partial charge on any atom is -0.490 e. The maximum atomic E-state index is 12.4. The summed E-state index contributed by atoms with van der Waals surface area (Å²) in [5.41, 5.74) is 3.71. The van der Waals surface area contributed by atoms with Gasteiger partial charge in [0.1, 0.15) is 0 Å². The summed E-state index contributed by atoms with van der Waals surface area (Å²) in [7, 11) is 0. The number of aryl methyl sites for hydroxylation is 1. The number of nitrogens with zero attached hydrogens (tertiary/aromatic N) is 2. The number of hydrogen-bond acceptors (Lipinski definition) is 8. The van der Waals surface area contributed by atoms with E-state index < -0.39 is 23.4 Å². The third-order valence-corrected chi connectivity index (χ3v) is 5.15. The number of nitro benzene ring substituents is 1. The number of carbonyl (C=O) groups is 2. The summed E-state index contributed by atoms with van der Waals surface area (Å²) < 4.78 is 17.2. The summed E-state index contributed by atoms with van der Waals surface area (Å²) in [5, 5.41) is 15.0. The molecule has 0 saturated carbocycles. The minimum atomic E-state index is -0.605. The van der Waals surface area contributed by atoms with E-state index in [1.54, 1.807) is 62.4 Å². The van der Waals surface area contributed by atoms with E-state index in [2.05, 4.69) is 26.5 Å². The molecule has 186 valence electrons. The average molecular weight is 556 g/mol. The molecule has 0 aliphatic carbocycles. The Bertz CT molecular complexity index is 1290. The zero-order chi connectivity index (χ0) is 26.1. The normalized spacial score (nSPS) is 10.6. The summed E-state index contributed by atoms with van der Waals surface area (Å²) in [6, 6.07) is 16.0. The predicted octanol–water partition coefficient (Wildman–Crippen LogP) is 4.81. The molecule has 0 bridgehead atoms. The smallest absolute Gasteiger partial charge is 0.343 e. The number of nitro groups is 1. The second-order valence-corrected chi connectivity index (χ2v) is 8.26. The summed E-state index contributed by atoms with van der Waals surface area (Å²) >= 11 is 3.32. The van der Waals surface area contributed by atoms with Crippen LogP contribution in [0.15, 0.2) is 70.2 Å². The van der Waals surface area contributed by atoms with Crippen molar-refractivity contribution in [2.45, 2.75) is 13.8 Å². The zero-order valence-electron chi connectivity index (χ0n) is 19.4. The van der Waals surface area contributed by atoms with E-state index in [1.807, 2.05) is 0 Å². The van der Waals surface area contributed by atoms with Crippen molar-refractivity contribution in [1.82, 2.24) is 5.43 Å². The molecule has 0 aromatic heterocycles. The Morgan fingerprint density at radius 1 is 1.03 bits per heavy atom. The van der Waals surface area contributed by atoms with Crippen molar-refractivity contribution in [3.8, 4) is 17.2 Å². The van der Waals surface area contributed by atoms with E-state index in [-0.39, 0.29) is 17.2 Å². The van der Waals surface area contributed by atoms with Gasteiger partial charge in [0, 0.05) is 10.5 Å². The Hall–Kier alpha value is -4.25. The molecule has 0 radical (unpaired) electrons. The molecule has 3 rings (SSSR count). The second-order valence-electron chi connectivity index (χ2n) is 7.35. The third kappa shape index (κ3) is 7.37. The molecule has 1 amide bonds. The fourth-order valence-corrected chi connectivity index (χ4v) is 3.21. The number of carbonyl (C=O) groups excluding carboxylic acids is 2. The van der Waals surface area contributed by atoms with Gasteiger partial charge in [-0.3, -0.25) is 14.9 Å².